The van der Waals surface area contributed by atoms with Crippen molar-refractivity contribution < 1.29 is 29.0 Å². The van der Waals surface area contributed by atoms with Crippen molar-refractivity contribution in [1.29, 1.82) is 0 Å². The molecule has 0 unspecified atom stereocenters. The predicted molar refractivity (Wildman–Crippen MR) is 159 cm³/mol. The Labute approximate surface area is 241 Å². The quantitative estimate of drug-likeness (QED) is 0.169. The topological polar surface area (TPSA) is 117 Å². The van der Waals surface area contributed by atoms with E-state index in [1.807, 2.05) is 53.7 Å². The lowest BCUT2D eigenvalue weighted by Crippen LogP contribution is -2.33. The minimum absolute atomic E-state index is 0.302. The van der Waals surface area contributed by atoms with Crippen molar-refractivity contribution in [1.82, 2.24) is 15.5 Å². The molecule has 0 saturated heterocycles. The van der Waals surface area contributed by atoms with Gasteiger partial charge in [-0.15, -0.1) is 0 Å². The summed E-state index contributed by atoms with van der Waals surface area (Å²) in [6.45, 7) is 15.1. The van der Waals surface area contributed by atoms with E-state index in [0.717, 1.165) is 83.0 Å². The maximum Gasteiger partial charge on any atom is 0.407 e. The highest BCUT2D eigenvalue weighted by molar-refractivity contribution is 5.87. The van der Waals surface area contributed by atoms with Gasteiger partial charge in [0.15, 0.2) is 0 Å². The molecule has 0 spiro atoms. The maximum absolute atomic E-state index is 11.7. The second-order valence-corrected chi connectivity index (χ2v) is 12.3. The predicted octanol–water partition coefficient (Wildman–Crippen LogP) is 6.75. The fourth-order valence-electron chi connectivity index (χ4n) is 4.09. The molecule has 40 heavy (non-hydrogen) atoms. The van der Waals surface area contributed by atoms with E-state index in [1.54, 1.807) is 12.1 Å². The molecule has 0 atom stereocenters. The van der Waals surface area contributed by atoms with Gasteiger partial charge in [0, 0.05) is 19.6 Å². The van der Waals surface area contributed by atoms with Gasteiger partial charge in [0.25, 0.3) is 0 Å². The van der Waals surface area contributed by atoms with Gasteiger partial charge in [-0.1, -0.05) is 44.2 Å². The summed E-state index contributed by atoms with van der Waals surface area (Å²) in [7, 11) is 0. The highest BCUT2D eigenvalue weighted by Gasteiger charge is 2.16. The molecular weight excluding hydrogens is 510 g/mol. The van der Waals surface area contributed by atoms with E-state index in [1.165, 1.54) is 0 Å². The number of carboxylic acids is 1. The third-order valence-corrected chi connectivity index (χ3v) is 6.00. The minimum atomic E-state index is -0.911. The number of hydrogen-bond acceptors (Lipinski definition) is 6. The first-order valence-electron chi connectivity index (χ1n) is 14.7. The summed E-state index contributed by atoms with van der Waals surface area (Å²) in [4.78, 5) is 37.1. The van der Waals surface area contributed by atoms with Crippen molar-refractivity contribution in [3.05, 3.63) is 35.4 Å². The van der Waals surface area contributed by atoms with Crippen LogP contribution >= 0.6 is 0 Å². The third-order valence-electron chi connectivity index (χ3n) is 6.00. The summed E-state index contributed by atoms with van der Waals surface area (Å²) in [6.07, 6.45) is 8.68. The van der Waals surface area contributed by atoms with Gasteiger partial charge in [0.2, 0.25) is 0 Å². The number of carbonyl (C=O) groups excluding carboxylic acids is 2. The zero-order valence-electron chi connectivity index (χ0n) is 25.6. The average Bonchev–Trinajstić information content (AvgIpc) is 2.82. The molecule has 0 saturated carbocycles. The first-order chi connectivity index (χ1) is 18.7. The number of alkyl carbamates (subject to hydrolysis) is 2. The van der Waals surface area contributed by atoms with Gasteiger partial charge >= 0.3 is 18.2 Å². The van der Waals surface area contributed by atoms with Crippen LogP contribution in [0.3, 0.4) is 0 Å². The first kappa shape index (κ1) is 35.2. The monoisotopic (exact) mass is 563 g/mol. The number of nitrogens with one attached hydrogen (secondary N) is 2. The molecule has 228 valence electrons. The second kappa shape index (κ2) is 18.5. The highest BCUT2D eigenvalue weighted by atomic mass is 16.6. The van der Waals surface area contributed by atoms with Crippen LogP contribution < -0.4 is 10.6 Å². The number of amides is 2. The molecule has 0 radical (unpaired) electrons. The number of carbonyl (C=O) groups is 3. The molecular formula is C31H53N3O6. The minimum Gasteiger partial charge on any atom is -0.478 e. The van der Waals surface area contributed by atoms with Crippen molar-refractivity contribution in [2.24, 2.45) is 0 Å². The Hall–Kier alpha value is -2.81. The first-order valence-corrected chi connectivity index (χ1v) is 14.7. The zero-order valence-corrected chi connectivity index (χ0v) is 25.6. The number of ether oxygens (including phenoxy) is 2. The molecule has 3 N–H and O–H groups in total. The molecule has 9 heteroatoms. The fourth-order valence-corrected chi connectivity index (χ4v) is 4.09. The standard InChI is InChI=1S/C31H53N3O6/c1-30(2,3)39-28(37)32-20-12-8-7-10-14-22-34(24-25-16-18-26(19-17-25)27(35)36)23-15-11-9-13-21-33-29(38)40-31(4,5)6/h16-19H,7-15,20-24H2,1-6H3,(H,32,37)(H,33,38)(H,35,36). The Morgan fingerprint density at radius 2 is 1.07 bits per heavy atom. The molecule has 0 fully saturated rings. The van der Waals surface area contributed by atoms with Gasteiger partial charge in [0.05, 0.1) is 5.56 Å². The third kappa shape index (κ3) is 19.3. The number of aromatic carboxylic acids is 1. The van der Waals surface area contributed by atoms with Gasteiger partial charge in [-0.25, -0.2) is 14.4 Å². The van der Waals surface area contributed by atoms with E-state index in [0.29, 0.717) is 18.7 Å². The van der Waals surface area contributed by atoms with Crippen molar-refractivity contribution in [2.75, 3.05) is 26.2 Å². The average molecular weight is 564 g/mol. The van der Waals surface area contributed by atoms with Crippen LogP contribution in [-0.4, -0.2) is 65.5 Å². The summed E-state index contributed by atoms with van der Waals surface area (Å²) in [5.74, 6) is -0.911. The molecule has 0 heterocycles. The summed E-state index contributed by atoms with van der Waals surface area (Å²) in [5, 5.41) is 14.8. The van der Waals surface area contributed by atoms with Crippen molar-refractivity contribution >= 4 is 18.2 Å². The normalized spacial score (nSPS) is 11.8. The second-order valence-electron chi connectivity index (χ2n) is 12.3. The molecule has 2 amide bonds. The lowest BCUT2D eigenvalue weighted by atomic mass is 10.1. The van der Waals surface area contributed by atoms with Crippen molar-refractivity contribution in [3.8, 4) is 0 Å². The smallest absolute Gasteiger partial charge is 0.407 e. The van der Waals surface area contributed by atoms with Crippen LogP contribution in [0.5, 0.6) is 0 Å². The largest absolute Gasteiger partial charge is 0.478 e. The fraction of sp³-hybridized carbons (Fsp3) is 0.710. The molecule has 1 aromatic rings. The van der Waals surface area contributed by atoms with Gasteiger partial charge in [-0.3, -0.25) is 4.90 Å². The van der Waals surface area contributed by atoms with E-state index >= 15 is 0 Å². The van der Waals surface area contributed by atoms with Crippen molar-refractivity contribution in [2.45, 2.75) is 117 Å². The van der Waals surface area contributed by atoms with Gasteiger partial charge in [-0.2, -0.15) is 0 Å². The Kier molecular flexibility index (Phi) is 16.3. The van der Waals surface area contributed by atoms with Crippen LogP contribution in [0.2, 0.25) is 0 Å². The van der Waals surface area contributed by atoms with Crippen molar-refractivity contribution in [3.63, 3.8) is 0 Å². The van der Waals surface area contributed by atoms with E-state index in [2.05, 4.69) is 15.5 Å². The zero-order chi connectivity index (χ0) is 30.0. The number of rotatable bonds is 18. The highest BCUT2D eigenvalue weighted by Crippen LogP contribution is 2.13. The molecule has 0 aliphatic heterocycles. The maximum atomic E-state index is 11.7. The summed E-state index contributed by atoms with van der Waals surface area (Å²) in [6, 6.07) is 7.13. The Bertz CT molecular complexity index is 875. The van der Waals surface area contributed by atoms with E-state index < -0.39 is 17.2 Å². The summed E-state index contributed by atoms with van der Waals surface area (Å²) >= 11 is 0. The lowest BCUT2D eigenvalue weighted by Gasteiger charge is -2.23. The number of benzene rings is 1. The molecule has 9 nitrogen and oxygen atoms in total. The Morgan fingerprint density at radius 3 is 1.48 bits per heavy atom. The van der Waals surface area contributed by atoms with Crippen LogP contribution in [0.15, 0.2) is 24.3 Å². The number of unbranched alkanes of at least 4 members (excludes halogenated alkanes) is 7. The van der Waals surface area contributed by atoms with Crippen LogP contribution in [-0.2, 0) is 16.0 Å². The molecule has 0 bridgehead atoms. The molecule has 1 rings (SSSR count). The lowest BCUT2D eigenvalue weighted by molar-refractivity contribution is 0.0515. The van der Waals surface area contributed by atoms with E-state index in [-0.39, 0.29) is 12.2 Å². The van der Waals surface area contributed by atoms with Crippen LogP contribution in [0.1, 0.15) is 115 Å². The van der Waals surface area contributed by atoms with Gasteiger partial charge < -0.3 is 25.2 Å². The summed E-state index contributed by atoms with van der Waals surface area (Å²) in [5.41, 5.74) is 0.449. The summed E-state index contributed by atoms with van der Waals surface area (Å²) < 4.78 is 10.5. The number of hydrogen-bond donors (Lipinski definition) is 3. The SMILES string of the molecule is CC(C)(C)OC(=O)NCCCCCCCN(CCCCCCNC(=O)OC(C)(C)C)Cc1ccc(C(=O)O)cc1. The Morgan fingerprint density at radius 1 is 0.675 bits per heavy atom. The van der Waals surface area contributed by atoms with Gasteiger partial charge in [-0.05, 0) is 98.0 Å². The van der Waals surface area contributed by atoms with Crippen LogP contribution in [0.4, 0.5) is 9.59 Å². The van der Waals surface area contributed by atoms with Gasteiger partial charge in [0.1, 0.15) is 11.2 Å². The van der Waals surface area contributed by atoms with Crippen LogP contribution in [0, 0.1) is 0 Å². The number of nitrogens with zero attached hydrogens (tertiary/aromatic N) is 1. The molecule has 0 aliphatic carbocycles. The Balaban J connectivity index is 2.35. The molecule has 0 aliphatic rings. The van der Waals surface area contributed by atoms with Crippen LogP contribution in [0.25, 0.3) is 0 Å². The van der Waals surface area contributed by atoms with E-state index in [4.69, 9.17) is 14.6 Å². The molecule has 1 aromatic carbocycles. The molecule has 0 aromatic heterocycles. The number of carboxylic acid groups (broad SMARTS) is 1. The van der Waals surface area contributed by atoms with E-state index in [9.17, 15) is 14.4 Å².